The van der Waals surface area contributed by atoms with E-state index in [4.69, 9.17) is 0 Å². The molecule has 0 saturated carbocycles. The SMILES string of the molecule is CC1=C(C(=O)O)C(c2cccc([N+](=O)[O-])c2)C(C2(C)C=CC=CN2)=C(C)N1. The minimum absolute atomic E-state index is 0.0670. The third-order valence-electron chi connectivity index (χ3n) is 4.98. The zero-order valence-electron chi connectivity index (χ0n) is 15.3. The van der Waals surface area contributed by atoms with Gasteiger partial charge in [0.25, 0.3) is 5.69 Å². The maximum atomic E-state index is 12.1. The topological polar surface area (TPSA) is 104 Å². The molecule has 140 valence electrons. The van der Waals surface area contributed by atoms with E-state index in [9.17, 15) is 20.0 Å². The molecule has 2 unspecified atom stereocenters. The molecule has 1 aromatic carbocycles. The molecule has 2 aliphatic rings. The van der Waals surface area contributed by atoms with Gasteiger partial charge in [-0.05, 0) is 44.2 Å². The Balaban J connectivity index is 2.24. The molecule has 0 bridgehead atoms. The van der Waals surface area contributed by atoms with Crippen LogP contribution in [0.25, 0.3) is 0 Å². The highest BCUT2D eigenvalue weighted by molar-refractivity contribution is 5.91. The summed E-state index contributed by atoms with van der Waals surface area (Å²) in [6.07, 6.45) is 7.51. The van der Waals surface area contributed by atoms with Gasteiger partial charge in [0, 0.05) is 29.4 Å². The summed E-state index contributed by atoms with van der Waals surface area (Å²) >= 11 is 0. The van der Waals surface area contributed by atoms with Crippen LogP contribution in [0.1, 0.15) is 32.3 Å². The summed E-state index contributed by atoms with van der Waals surface area (Å²) in [5.41, 5.74) is 2.21. The number of hydrogen-bond donors (Lipinski definition) is 3. The Morgan fingerprint density at radius 1 is 1.26 bits per heavy atom. The van der Waals surface area contributed by atoms with Crippen LogP contribution in [-0.2, 0) is 4.79 Å². The van der Waals surface area contributed by atoms with Gasteiger partial charge in [0.15, 0.2) is 0 Å². The Hall–Kier alpha value is -3.35. The summed E-state index contributed by atoms with van der Waals surface area (Å²) in [4.78, 5) is 22.9. The van der Waals surface area contributed by atoms with Crippen molar-refractivity contribution in [1.82, 2.24) is 10.6 Å². The number of carboxylic acid groups (broad SMARTS) is 1. The van der Waals surface area contributed by atoms with E-state index < -0.39 is 22.3 Å². The largest absolute Gasteiger partial charge is 0.478 e. The zero-order chi connectivity index (χ0) is 19.8. The average Bonchev–Trinajstić information content (AvgIpc) is 2.61. The van der Waals surface area contributed by atoms with Crippen molar-refractivity contribution in [3.05, 3.63) is 86.9 Å². The van der Waals surface area contributed by atoms with E-state index in [1.54, 1.807) is 25.3 Å². The summed E-state index contributed by atoms with van der Waals surface area (Å²) in [6.45, 7) is 5.55. The fraction of sp³-hybridized carbons (Fsp3) is 0.250. The number of nitrogens with one attached hydrogen (secondary N) is 2. The maximum absolute atomic E-state index is 12.1. The lowest BCUT2D eigenvalue weighted by Crippen LogP contribution is -2.46. The van der Waals surface area contributed by atoms with Gasteiger partial charge in [-0.15, -0.1) is 0 Å². The summed E-state index contributed by atoms with van der Waals surface area (Å²) in [5.74, 6) is -1.68. The summed E-state index contributed by atoms with van der Waals surface area (Å²) < 4.78 is 0. The number of non-ortho nitro benzene ring substituents is 1. The number of carboxylic acids is 1. The molecule has 2 aliphatic heterocycles. The second-order valence-electron chi connectivity index (χ2n) is 6.86. The fourth-order valence-corrected chi connectivity index (χ4v) is 3.86. The van der Waals surface area contributed by atoms with Crippen molar-refractivity contribution in [3.8, 4) is 0 Å². The van der Waals surface area contributed by atoms with Crippen molar-refractivity contribution < 1.29 is 14.8 Å². The highest BCUT2D eigenvalue weighted by atomic mass is 16.6. The highest BCUT2D eigenvalue weighted by Crippen LogP contribution is 2.44. The second kappa shape index (κ2) is 6.75. The number of rotatable bonds is 4. The van der Waals surface area contributed by atoms with Gasteiger partial charge in [0.1, 0.15) is 0 Å². The first-order chi connectivity index (χ1) is 12.7. The van der Waals surface area contributed by atoms with E-state index in [-0.39, 0.29) is 11.3 Å². The van der Waals surface area contributed by atoms with Crippen molar-refractivity contribution >= 4 is 11.7 Å². The van der Waals surface area contributed by atoms with Crippen molar-refractivity contribution in [2.24, 2.45) is 0 Å². The molecule has 0 spiro atoms. The highest BCUT2D eigenvalue weighted by Gasteiger charge is 2.41. The smallest absolute Gasteiger partial charge is 0.334 e. The average molecular weight is 367 g/mol. The van der Waals surface area contributed by atoms with Gasteiger partial charge >= 0.3 is 5.97 Å². The van der Waals surface area contributed by atoms with Crippen LogP contribution >= 0.6 is 0 Å². The predicted molar refractivity (Wildman–Crippen MR) is 102 cm³/mol. The number of nitro benzene ring substituents is 1. The minimum atomic E-state index is -1.06. The number of carbonyl (C=O) groups is 1. The Morgan fingerprint density at radius 3 is 2.59 bits per heavy atom. The molecule has 7 nitrogen and oxygen atoms in total. The molecule has 0 aromatic heterocycles. The van der Waals surface area contributed by atoms with Gasteiger partial charge in [0.05, 0.1) is 16.0 Å². The molecule has 2 heterocycles. The number of hydrogen-bond acceptors (Lipinski definition) is 5. The molecule has 1 aromatic rings. The van der Waals surface area contributed by atoms with Crippen LogP contribution in [0.2, 0.25) is 0 Å². The number of dihydropyridines is 2. The molecule has 0 radical (unpaired) electrons. The molecule has 2 atom stereocenters. The van der Waals surface area contributed by atoms with E-state index in [2.05, 4.69) is 10.6 Å². The standard InChI is InChI=1S/C20H21N3O4/c1-12-16(19(24)25)17(14-7-6-8-15(11-14)23(26)27)18(13(2)22-12)20(3)9-4-5-10-21-20/h4-11,17,21-22H,1-3H3,(H,24,25). The van der Waals surface area contributed by atoms with Crippen molar-refractivity contribution in [3.63, 3.8) is 0 Å². The first-order valence-electron chi connectivity index (χ1n) is 8.53. The van der Waals surface area contributed by atoms with E-state index in [1.165, 1.54) is 12.1 Å². The van der Waals surface area contributed by atoms with Crippen LogP contribution in [0.15, 0.2) is 71.2 Å². The number of allylic oxidation sites excluding steroid dienone is 4. The molecule has 0 saturated heterocycles. The first kappa shape index (κ1) is 18.4. The quantitative estimate of drug-likeness (QED) is 0.557. The Labute approximate surface area is 156 Å². The zero-order valence-corrected chi connectivity index (χ0v) is 15.3. The molecular weight excluding hydrogens is 346 g/mol. The Kier molecular flexibility index (Phi) is 4.61. The van der Waals surface area contributed by atoms with Gasteiger partial charge < -0.3 is 15.7 Å². The third kappa shape index (κ3) is 3.23. The number of aliphatic carboxylic acids is 1. The van der Waals surface area contributed by atoms with Crippen LogP contribution < -0.4 is 10.6 Å². The van der Waals surface area contributed by atoms with Gasteiger partial charge in [-0.2, -0.15) is 0 Å². The number of nitro groups is 1. The summed E-state index contributed by atoms with van der Waals surface area (Å²) in [5, 5.41) is 27.6. The lowest BCUT2D eigenvalue weighted by atomic mass is 9.72. The van der Waals surface area contributed by atoms with Crippen molar-refractivity contribution in [2.45, 2.75) is 32.2 Å². The van der Waals surface area contributed by atoms with Crippen LogP contribution in [0.4, 0.5) is 5.69 Å². The maximum Gasteiger partial charge on any atom is 0.334 e. The number of nitrogens with zero attached hydrogens (tertiary/aromatic N) is 1. The molecule has 0 aliphatic carbocycles. The van der Waals surface area contributed by atoms with Gasteiger partial charge in [-0.1, -0.05) is 24.3 Å². The van der Waals surface area contributed by atoms with Crippen LogP contribution in [0.3, 0.4) is 0 Å². The van der Waals surface area contributed by atoms with E-state index >= 15 is 0 Å². The van der Waals surface area contributed by atoms with Crippen molar-refractivity contribution in [2.75, 3.05) is 0 Å². The monoisotopic (exact) mass is 367 g/mol. The lowest BCUT2D eigenvalue weighted by molar-refractivity contribution is -0.384. The third-order valence-corrected chi connectivity index (χ3v) is 4.98. The van der Waals surface area contributed by atoms with E-state index in [0.29, 0.717) is 11.3 Å². The Morgan fingerprint density at radius 2 is 2.00 bits per heavy atom. The molecule has 0 amide bonds. The summed E-state index contributed by atoms with van der Waals surface area (Å²) in [6, 6.07) is 6.17. The van der Waals surface area contributed by atoms with Gasteiger partial charge in [-0.25, -0.2) is 4.79 Å². The van der Waals surface area contributed by atoms with Crippen LogP contribution in [0, 0.1) is 10.1 Å². The Bertz CT molecular complexity index is 942. The van der Waals surface area contributed by atoms with E-state index in [0.717, 1.165) is 11.3 Å². The van der Waals surface area contributed by atoms with Gasteiger partial charge in [-0.3, -0.25) is 10.1 Å². The van der Waals surface area contributed by atoms with Crippen LogP contribution in [0.5, 0.6) is 0 Å². The molecule has 27 heavy (non-hydrogen) atoms. The van der Waals surface area contributed by atoms with Crippen molar-refractivity contribution in [1.29, 1.82) is 0 Å². The lowest BCUT2D eigenvalue weighted by Gasteiger charge is -2.41. The first-order valence-corrected chi connectivity index (χ1v) is 8.53. The molecule has 3 rings (SSSR count). The second-order valence-corrected chi connectivity index (χ2v) is 6.86. The molecule has 3 N–H and O–H groups in total. The van der Waals surface area contributed by atoms with E-state index in [1.807, 2.05) is 32.1 Å². The molecule has 0 fully saturated rings. The fourth-order valence-electron chi connectivity index (χ4n) is 3.86. The summed E-state index contributed by atoms with van der Waals surface area (Å²) in [7, 11) is 0. The molecule has 7 heteroatoms. The molecular formula is C20H21N3O4. The van der Waals surface area contributed by atoms with Gasteiger partial charge in [0.2, 0.25) is 0 Å². The number of benzene rings is 1. The predicted octanol–water partition coefficient (Wildman–Crippen LogP) is 3.35. The minimum Gasteiger partial charge on any atom is -0.478 e. The normalized spacial score (nSPS) is 24.5. The van der Waals surface area contributed by atoms with Crippen LogP contribution in [-0.4, -0.2) is 21.5 Å².